The van der Waals surface area contributed by atoms with Gasteiger partial charge in [-0.3, -0.25) is 4.79 Å². The Hall–Kier alpha value is -1.84. The lowest BCUT2D eigenvalue weighted by atomic mass is 10.0. The average Bonchev–Trinajstić information content (AvgIpc) is 3.24. The van der Waals surface area contributed by atoms with Gasteiger partial charge in [-0.15, -0.1) is 0 Å². The molecule has 0 bridgehead atoms. The van der Waals surface area contributed by atoms with Crippen LogP contribution in [0.25, 0.3) is 0 Å². The minimum Gasteiger partial charge on any atom is -0.494 e. The van der Waals surface area contributed by atoms with Crippen molar-refractivity contribution >= 4 is 11.6 Å². The second-order valence-corrected chi connectivity index (χ2v) is 6.98. The lowest BCUT2D eigenvalue weighted by molar-refractivity contribution is -0.122. The van der Waals surface area contributed by atoms with Crippen LogP contribution in [0, 0.1) is 17.8 Å². The maximum atomic E-state index is 12.4. The highest BCUT2D eigenvalue weighted by Crippen LogP contribution is 2.53. The first-order valence-electron chi connectivity index (χ1n) is 9.28. The predicted molar refractivity (Wildman–Crippen MR) is 96.1 cm³/mol. The molecule has 2 saturated carbocycles. The van der Waals surface area contributed by atoms with Gasteiger partial charge in [0.15, 0.2) is 0 Å². The SMILES string of the molecule is CCOc1ccc(C(C)=NNC(=O)C2[C@H]3CCCCCC[C@@H]23)cc1. The predicted octanol–water partition coefficient (Wildman–Crippen LogP) is 4.14. The van der Waals surface area contributed by atoms with Crippen LogP contribution in [0.15, 0.2) is 29.4 Å². The average molecular weight is 328 g/mol. The molecular weight excluding hydrogens is 300 g/mol. The summed E-state index contributed by atoms with van der Waals surface area (Å²) in [5.41, 5.74) is 4.62. The van der Waals surface area contributed by atoms with Gasteiger partial charge in [0, 0.05) is 5.92 Å². The van der Waals surface area contributed by atoms with Crippen molar-refractivity contribution < 1.29 is 9.53 Å². The summed E-state index contributed by atoms with van der Waals surface area (Å²) in [6.45, 7) is 4.55. The zero-order chi connectivity index (χ0) is 16.9. The van der Waals surface area contributed by atoms with E-state index in [1.165, 1.54) is 38.5 Å². The zero-order valence-electron chi connectivity index (χ0n) is 14.8. The third-order valence-electron chi connectivity index (χ3n) is 5.38. The standard InChI is InChI=1S/C20H28N2O2/c1-3-24-16-12-10-15(11-13-16)14(2)21-22-20(23)19-17-8-6-4-5-7-9-18(17)19/h10-13,17-19H,3-9H2,1-2H3,(H,22,23)/t17-,18+,19?. The van der Waals surface area contributed by atoms with Crippen molar-refractivity contribution in [2.75, 3.05) is 6.61 Å². The van der Waals surface area contributed by atoms with Gasteiger partial charge in [0.25, 0.3) is 0 Å². The second kappa shape index (κ2) is 7.82. The number of hydrogen-bond acceptors (Lipinski definition) is 3. The molecule has 4 nitrogen and oxygen atoms in total. The number of carbonyl (C=O) groups is 1. The Morgan fingerprint density at radius 2 is 1.75 bits per heavy atom. The lowest BCUT2D eigenvalue weighted by Crippen LogP contribution is -2.22. The van der Waals surface area contributed by atoms with Gasteiger partial charge in [-0.2, -0.15) is 5.10 Å². The fraction of sp³-hybridized carbons (Fsp3) is 0.600. The first kappa shape index (κ1) is 17.0. The monoisotopic (exact) mass is 328 g/mol. The molecule has 2 aliphatic rings. The Balaban J connectivity index is 1.55. The van der Waals surface area contributed by atoms with E-state index in [-0.39, 0.29) is 11.8 Å². The van der Waals surface area contributed by atoms with Crippen LogP contribution in [0.3, 0.4) is 0 Å². The van der Waals surface area contributed by atoms with E-state index >= 15 is 0 Å². The van der Waals surface area contributed by atoms with Crippen LogP contribution in [0.2, 0.25) is 0 Å². The molecule has 1 aromatic carbocycles. The van der Waals surface area contributed by atoms with Crippen LogP contribution in [0.5, 0.6) is 5.75 Å². The first-order valence-corrected chi connectivity index (χ1v) is 9.28. The molecule has 1 unspecified atom stereocenters. The number of nitrogens with zero attached hydrogens (tertiary/aromatic N) is 1. The van der Waals surface area contributed by atoms with Crippen molar-refractivity contribution in [3.8, 4) is 5.75 Å². The van der Waals surface area contributed by atoms with Crippen LogP contribution < -0.4 is 10.2 Å². The van der Waals surface area contributed by atoms with Gasteiger partial charge in [0.05, 0.1) is 12.3 Å². The molecule has 0 spiro atoms. The van der Waals surface area contributed by atoms with Gasteiger partial charge in [-0.05, 0) is 68.4 Å². The summed E-state index contributed by atoms with van der Waals surface area (Å²) in [5, 5.41) is 4.31. The minimum atomic E-state index is 0.109. The second-order valence-electron chi connectivity index (χ2n) is 6.98. The number of amides is 1. The molecular formula is C20H28N2O2. The van der Waals surface area contributed by atoms with Crippen molar-refractivity contribution in [2.45, 2.75) is 52.4 Å². The van der Waals surface area contributed by atoms with Gasteiger partial charge in [0.2, 0.25) is 5.91 Å². The third kappa shape index (κ3) is 3.97. The molecule has 24 heavy (non-hydrogen) atoms. The van der Waals surface area contributed by atoms with Crippen molar-refractivity contribution in [1.29, 1.82) is 0 Å². The van der Waals surface area contributed by atoms with Crippen LogP contribution >= 0.6 is 0 Å². The van der Waals surface area contributed by atoms with Gasteiger partial charge < -0.3 is 4.74 Å². The summed E-state index contributed by atoms with van der Waals surface area (Å²) in [6.07, 6.45) is 7.63. The molecule has 0 aliphatic heterocycles. The van der Waals surface area contributed by atoms with Crippen molar-refractivity contribution in [2.24, 2.45) is 22.9 Å². The number of rotatable bonds is 5. The number of benzene rings is 1. The molecule has 4 heteroatoms. The maximum absolute atomic E-state index is 12.4. The number of hydrazone groups is 1. The topological polar surface area (TPSA) is 50.7 Å². The molecule has 1 amide bonds. The highest BCUT2D eigenvalue weighted by Gasteiger charge is 2.53. The van der Waals surface area contributed by atoms with Gasteiger partial charge >= 0.3 is 0 Å². The molecule has 1 aromatic rings. The quantitative estimate of drug-likeness (QED) is 0.652. The zero-order valence-corrected chi connectivity index (χ0v) is 14.8. The Kier molecular flexibility index (Phi) is 5.54. The van der Waals surface area contributed by atoms with Crippen molar-refractivity contribution in [3.63, 3.8) is 0 Å². The van der Waals surface area contributed by atoms with E-state index in [4.69, 9.17) is 4.74 Å². The number of nitrogens with one attached hydrogen (secondary N) is 1. The van der Waals surface area contributed by atoms with Crippen molar-refractivity contribution in [3.05, 3.63) is 29.8 Å². The van der Waals surface area contributed by atoms with Crippen molar-refractivity contribution in [1.82, 2.24) is 5.43 Å². The normalized spacial score (nSPS) is 26.8. The molecule has 0 saturated heterocycles. The van der Waals surface area contributed by atoms with Crippen LogP contribution in [0.4, 0.5) is 0 Å². The van der Waals surface area contributed by atoms with E-state index in [1.807, 2.05) is 38.1 Å². The summed E-state index contributed by atoms with van der Waals surface area (Å²) < 4.78 is 5.44. The summed E-state index contributed by atoms with van der Waals surface area (Å²) in [6, 6.07) is 7.81. The molecule has 2 fully saturated rings. The Bertz CT molecular complexity index is 580. The van der Waals surface area contributed by atoms with E-state index < -0.39 is 0 Å². The Labute approximate surface area is 144 Å². The number of carbonyl (C=O) groups excluding carboxylic acids is 1. The lowest BCUT2D eigenvalue weighted by Gasteiger charge is -2.05. The first-order chi connectivity index (χ1) is 11.7. The minimum absolute atomic E-state index is 0.109. The number of hydrogen-bond donors (Lipinski definition) is 1. The number of ether oxygens (including phenoxy) is 1. The van der Waals surface area contributed by atoms with Crippen LogP contribution in [-0.4, -0.2) is 18.2 Å². The highest BCUT2D eigenvalue weighted by molar-refractivity contribution is 5.99. The van der Waals surface area contributed by atoms with E-state index in [2.05, 4.69) is 10.5 Å². The van der Waals surface area contributed by atoms with E-state index in [0.29, 0.717) is 18.4 Å². The van der Waals surface area contributed by atoms with E-state index in [0.717, 1.165) is 17.0 Å². The molecule has 3 atom stereocenters. The smallest absolute Gasteiger partial charge is 0.243 e. The highest BCUT2D eigenvalue weighted by atomic mass is 16.5. The van der Waals surface area contributed by atoms with Gasteiger partial charge in [0.1, 0.15) is 5.75 Å². The molecule has 3 rings (SSSR count). The largest absolute Gasteiger partial charge is 0.494 e. The molecule has 1 N–H and O–H groups in total. The summed E-state index contributed by atoms with van der Waals surface area (Å²) in [5.74, 6) is 2.36. The summed E-state index contributed by atoms with van der Waals surface area (Å²) >= 11 is 0. The van der Waals surface area contributed by atoms with Crippen LogP contribution in [-0.2, 0) is 4.79 Å². The molecule has 2 aliphatic carbocycles. The number of fused-ring (bicyclic) bond motifs is 1. The fourth-order valence-corrected chi connectivity index (χ4v) is 3.97. The van der Waals surface area contributed by atoms with E-state index in [9.17, 15) is 4.79 Å². The Morgan fingerprint density at radius 1 is 1.12 bits per heavy atom. The molecule has 0 radical (unpaired) electrons. The third-order valence-corrected chi connectivity index (χ3v) is 5.38. The van der Waals surface area contributed by atoms with E-state index in [1.54, 1.807) is 0 Å². The van der Waals surface area contributed by atoms with Crippen LogP contribution in [0.1, 0.15) is 57.9 Å². The summed E-state index contributed by atoms with van der Waals surface area (Å²) in [4.78, 5) is 12.4. The summed E-state index contributed by atoms with van der Waals surface area (Å²) in [7, 11) is 0. The van der Waals surface area contributed by atoms with Gasteiger partial charge in [-0.1, -0.05) is 25.7 Å². The maximum Gasteiger partial charge on any atom is 0.243 e. The molecule has 0 aromatic heterocycles. The fourth-order valence-electron chi connectivity index (χ4n) is 3.97. The molecule has 0 heterocycles. The Morgan fingerprint density at radius 3 is 2.33 bits per heavy atom. The molecule has 130 valence electrons. The van der Waals surface area contributed by atoms with Gasteiger partial charge in [-0.25, -0.2) is 5.43 Å².